The zero-order valence-corrected chi connectivity index (χ0v) is 19.0. The normalized spacial score (nSPS) is 12.7. The number of fused-ring (bicyclic) bond motifs is 3. The Kier molecular flexibility index (Phi) is 5.76. The highest BCUT2D eigenvalue weighted by Gasteiger charge is 2.32. The molecule has 0 saturated heterocycles. The highest BCUT2D eigenvalue weighted by molar-refractivity contribution is 6.10. The van der Waals surface area contributed by atoms with E-state index in [0.717, 1.165) is 23.9 Å². The van der Waals surface area contributed by atoms with Crippen LogP contribution in [-0.2, 0) is 30.5 Å². The summed E-state index contributed by atoms with van der Waals surface area (Å²) in [5, 5.41) is 20.9. The van der Waals surface area contributed by atoms with Crippen LogP contribution in [0.5, 0.6) is 5.88 Å². The van der Waals surface area contributed by atoms with Crippen LogP contribution in [0.2, 0.25) is 0 Å². The van der Waals surface area contributed by atoms with E-state index in [0.29, 0.717) is 42.4 Å². The fraction of sp³-hybridized carbons (Fsp3) is 0.269. The molecule has 0 bridgehead atoms. The minimum Gasteiger partial charge on any atom is -0.494 e. The second-order valence-corrected chi connectivity index (χ2v) is 8.41. The molecule has 8 nitrogen and oxygen atoms in total. The lowest BCUT2D eigenvalue weighted by Crippen LogP contribution is -2.13. The number of ether oxygens (including phenoxy) is 1. The summed E-state index contributed by atoms with van der Waals surface area (Å²) in [6.45, 7) is 2.40. The number of pyridine rings is 1. The number of hydrogen-bond acceptors (Lipinski definition) is 6. The standard InChI is InChI=1S/C26H23FN2O6/c1-2-34-26(33)20-17(10-7-14-5-8-16(27)9-6-14)28-23-18-4-3-11-29(18)24(30)22(23)21(20)19-12-15(13-35-19)25(31)32/h5-6,8-9,12-13,30H,2-4,7,10-11H2,1H3,(H,31,32). The van der Waals surface area contributed by atoms with Crippen LogP contribution in [0.1, 0.15) is 51.0 Å². The highest BCUT2D eigenvalue weighted by Crippen LogP contribution is 2.44. The molecule has 1 aliphatic heterocycles. The van der Waals surface area contributed by atoms with Crippen molar-refractivity contribution in [1.29, 1.82) is 0 Å². The summed E-state index contributed by atoms with van der Waals surface area (Å²) >= 11 is 0. The number of furan rings is 1. The molecule has 4 heterocycles. The number of aromatic nitrogens is 2. The van der Waals surface area contributed by atoms with E-state index in [4.69, 9.17) is 14.1 Å². The third-order valence-electron chi connectivity index (χ3n) is 6.28. The van der Waals surface area contributed by atoms with E-state index >= 15 is 0 Å². The number of benzene rings is 1. The SMILES string of the molecule is CCOC(=O)c1c(CCc2ccc(F)cc2)nc2c3n(c(O)c2c1-c1cc(C(=O)O)co1)CCC3. The predicted molar refractivity (Wildman–Crippen MR) is 124 cm³/mol. The average Bonchev–Trinajstić information content (AvgIpc) is 3.57. The Morgan fingerprint density at radius 1 is 1.23 bits per heavy atom. The zero-order chi connectivity index (χ0) is 24.7. The molecule has 1 aliphatic rings. The highest BCUT2D eigenvalue weighted by atomic mass is 19.1. The topological polar surface area (TPSA) is 115 Å². The summed E-state index contributed by atoms with van der Waals surface area (Å²) in [7, 11) is 0. The molecular formula is C26H23FN2O6. The van der Waals surface area contributed by atoms with Gasteiger partial charge in [-0.15, -0.1) is 0 Å². The molecule has 2 N–H and O–H groups in total. The zero-order valence-electron chi connectivity index (χ0n) is 19.0. The fourth-order valence-electron chi connectivity index (χ4n) is 4.69. The van der Waals surface area contributed by atoms with E-state index in [1.165, 1.54) is 18.2 Å². The van der Waals surface area contributed by atoms with Crippen molar-refractivity contribution < 1.29 is 33.3 Å². The first-order valence-electron chi connectivity index (χ1n) is 11.4. The van der Waals surface area contributed by atoms with Gasteiger partial charge < -0.3 is 23.9 Å². The summed E-state index contributed by atoms with van der Waals surface area (Å²) in [6.07, 6.45) is 3.46. The Labute approximate surface area is 199 Å². The van der Waals surface area contributed by atoms with Gasteiger partial charge in [-0.25, -0.2) is 19.0 Å². The number of carbonyl (C=O) groups excluding carboxylic acids is 1. The molecule has 9 heteroatoms. The van der Waals surface area contributed by atoms with Gasteiger partial charge in [0, 0.05) is 17.8 Å². The predicted octanol–water partition coefficient (Wildman–Crippen LogP) is 4.75. The van der Waals surface area contributed by atoms with Gasteiger partial charge in [0.2, 0.25) is 5.88 Å². The molecule has 3 aromatic heterocycles. The summed E-state index contributed by atoms with van der Waals surface area (Å²) in [5.74, 6) is -2.08. The van der Waals surface area contributed by atoms with Crippen LogP contribution in [0.25, 0.3) is 22.2 Å². The molecule has 1 aromatic carbocycles. The van der Waals surface area contributed by atoms with Gasteiger partial charge in [0.15, 0.2) is 0 Å². The Hall–Kier alpha value is -4.14. The van der Waals surface area contributed by atoms with Crippen molar-refractivity contribution in [3.8, 4) is 17.2 Å². The number of hydrogen-bond donors (Lipinski definition) is 2. The van der Waals surface area contributed by atoms with Crippen LogP contribution in [-0.4, -0.2) is 38.3 Å². The lowest BCUT2D eigenvalue weighted by molar-refractivity contribution is 0.0524. The third kappa shape index (κ3) is 3.92. The van der Waals surface area contributed by atoms with Gasteiger partial charge in [-0.2, -0.15) is 0 Å². The number of halogens is 1. The first kappa shape index (κ1) is 22.6. The Balaban J connectivity index is 1.75. The molecule has 4 aromatic rings. The van der Waals surface area contributed by atoms with Crippen LogP contribution in [0.15, 0.2) is 41.0 Å². The van der Waals surface area contributed by atoms with E-state index in [1.54, 1.807) is 23.6 Å². The van der Waals surface area contributed by atoms with Crippen molar-refractivity contribution >= 4 is 22.8 Å². The minimum atomic E-state index is -1.18. The van der Waals surface area contributed by atoms with Gasteiger partial charge in [0.05, 0.1) is 34.3 Å². The molecule has 180 valence electrons. The van der Waals surface area contributed by atoms with E-state index in [-0.39, 0.29) is 40.8 Å². The number of carboxylic acid groups (broad SMARTS) is 1. The number of carboxylic acids is 1. The minimum absolute atomic E-state index is 0.0427. The monoisotopic (exact) mass is 478 g/mol. The van der Waals surface area contributed by atoms with Crippen LogP contribution >= 0.6 is 0 Å². The second kappa shape index (κ2) is 8.90. The Bertz CT molecular complexity index is 1450. The number of aromatic hydroxyl groups is 1. The van der Waals surface area contributed by atoms with Crippen molar-refractivity contribution in [2.75, 3.05) is 6.61 Å². The molecule has 0 amide bonds. The van der Waals surface area contributed by atoms with Crippen molar-refractivity contribution in [2.24, 2.45) is 0 Å². The van der Waals surface area contributed by atoms with Gasteiger partial charge in [0.1, 0.15) is 17.8 Å². The lowest BCUT2D eigenvalue weighted by atomic mass is 9.95. The maximum absolute atomic E-state index is 13.4. The van der Waals surface area contributed by atoms with Crippen molar-refractivity contribution in [3.63, 3.8) is 0 Å². The summed E-state index contributed by atoms with van der Waals surface area (Å²) in [4.78, 5) is 29.6. The Morgan fingerprint density at radius 3 is 2.69 bits per heavy atom. The van der Waals surface area contributed by atoms with E-state index < -0.39 is 11.9 Å². The van der Waals surface area contributed by atoms with Crippen molar-refractivity contribution in [1.82, 2.24) is 9.55 Å². The van der Waals surface area contributed by atoms with E-state index in [1.807, 2.05) is 0 Å². The van der Waals surface area contributed by atoms with Gasteiger partial charge >= 0.3 is 11.9 Å². The maximum Gasteiger partial charge on any atom is 0.340 e. The molecule has 0 aliphatic carbocycles. The summed E-state index contributed by atoms with van der Waals surface area (Å²) < 4.78 is 26.1. The van der Waals surface area contributed by atoms with Gasteiger partial charge in [-0.1, -0.05) is 12.1 Å². The second-order valence-electron chi connectivity index (χ2n) is 8.41. The van der Waals surface area contributed by atoms with Gasteiger partial charge in [-0.05, 0) is 56.4 Å². The maximum atomic E-state index is 13.4. The Morgan fingerprint density at radius 2 is 2.00 bits per heavy atom. The smallest absolute Gasteiger partial charge is 0.340 e. The summed E-state index contributed by atoms with van der Waals surface area (Å²) in [6, 6.07) is 7.42. The molecular weight excluding hydrogens is 455 g/mol. The number of rotatable bonds is 7. The van der Waals surface area contributed by atoms with Crippen molar-refractivity contribution in [3.05, 3.63) is 70.5 Å². The molecule has 0 unspecified atom stereocenters. The molecule has 5 rings (SSSR count). The molecule has 0 spiro atoms. The van der Waals surface area contributed by atoms with E-state index in [2.05, 4.69) is 0 Å². The van der Waals surface area contributed by atoms with Crippen LogP contribution in [0.4, 0.5) is 4.39 Å². The van der Waals surface area contributed by atoms with Gasteiger partial charge in [-0.3, -0.25) is 0 Å². The van der Waals surface area contributed by atoms with E-state index in [9.17, 15) is 24.2 Å². The lowest BCUT2D eigenvalue weighted by Gasteiger charge is -2.14. The first-order chi connectivity index (χ1) is 16.9. The quantitative estimate of drug-likeness (QED) is 0.369. The molecule has 35 heavy (non-hydrogen) atoms. The first-order valence-corrected chi connectivity index (χ1v) is 11.4. The number of esters is 1. The molecule has 0 atom stereocenters. The van der Waals surface area contributed by atoms with Crippen LogP contribution in [0.3, 0.4) is 0 Å². The number of aromatic carboxylic acids is 1. The number of carbonyl (C=O) groups is 2. The largest absolute Gasteiger partial charge is 0.494 e. The van der Waals surface area contributed by atoms with Crippen molar-refractivity contribution in [2.45, 2.75) is 39.2 Å². The average molecular weight is 478 g/mol. The molecule has 0 fully saturated rings. The van der Waals surface area contributed by atoms with Crippen LogP contribution < -0.4 is 0 Å². The van der Waals surface area contributed by atoms with Gasteiger partial charge in [0.25, 0.3) is 0 Å². The number of nitrogens with zero attached hydrogens (tertiary/aromatic N) is 2. The fourth-order valence-corrected chi connectivity index (χ4v) is 4.69. The third-order valence-corrected chi connectivity index (χ3v) is 6.28. The number of aryl methyl sites for hydroxylation is 3. The van der Waals surface area contributed by atoms with Crippen LogP contribution in [0, 0.1) is 5.82 Å². The summed E-state index contributed by atoms with van der Waals surface area (Å²) in [5.41, 5.74) is 2.98. The molecule has 0 radical (unpaired) electrons. The molecule has 0 saturated carbocycles.